The summed E-state index contributed by atoms with van der Waals surface area (Å²) in [5, 5.41) is 12.4. The molecule has 3 fully saturated rings. The zero-order valence-corrected chi connectivity index (χ0v) is 16.7. The van der Waals surface area contributed by atoms with Gasteiger partial charge in [0.15, 0.2) is 0 Å². The van der Waals surface area contributed by atoms with Crippen LogP contribution in [-0.4, -0.2) is 46.6 Å². The molecule has 26 heavy (non-hydrogen) atoms. The minimum atomic E-state index is -0.521. The lowest BCUT2D eigenvalue weighted by Gasteiger charge is -2.52. The summed E-state index contributed by atoms with van der Waals surface area (Å²) < 4.78 is 5.36. The molecule has 4 nitrogen and oxygen atoms in total. The van der Waals surface area contributed by atoms with Crippen molar-refractivity contribution in [1.29, 1.82) is 0 Å². The molecule has 142 valence electrons. The van der Waals surface area contributed by atoms with Crippen LogP contribution >= 0.6 is 24.0 Å². The highest BCUT2D eigenvalue weighted by atomic mass is 35.5. The Morgan fingerprint density at radius 1 is 1.35 bits per heavy atom. The van der Waals surface area contributed by atoms with E-state index >= 15 is 0 Å². The molecule has 0 spiro atoms. The van der Waals surface area contributed by atoms with Gasteiger partial charge in [0.25, 0.3) is 0 Å². The van der Waals surface area contributed by atoms with Crippen LogP contribution in [0.1, 0.15) is 31.4 Å². The van der Waals surface area contributed by atoms with Crippen molar-refractivity contribution in [3.63, 3.8) is 0 Å². The molecule has 3 aliphatic rings. The lowest BCUT2D eigenvalue weighted by Crippen LogP contribution is -2.56. The standard InChI is InChI=1S/C20H25ClN2O2.ClH/c1-12(21)17-11-23-8-6-13(17)9-19(23)20(24)15-5-7-22-18-4-3-14(25-2)10-16(15)18;/h3-5,7,10,12-13,17,19-20,24H,6,8-9,11H2,1-2H3;1H/t12?,13-,17-,19+,20-;/m1./s1. The number of methoxy groups -OCH3 is 1. The summed E-state index contributed by atoms with van der Waals surface area (Å²) in [5.74, 6) is 1.93. The first-order valence-electron chi connectivity index (χ1n) is 9.07. The van der Waals surface area contributed by atoms with E-state index in [0.717, 1.165) is 41.7 Å². The van der Waals surface area contributed by atoms with Crippen molar-refractivity contribution in [3.8, 4) is 5.75 Å². The maximum absolute atomic E-state index is 11.2. The van der Waals surface area contributed by atoms with Crippen molar-refractivity contribution >= 4 is 34.9 Å². The fourth-order valence-electron chi connectivity index (χ4n) is 4.70. The van der Waals surface area contributed by atoms with Gasteiger partial charge >= 0.3 is 0 Å². The maximum Gasteiger partial charge on any atom is 0.119 e. The van der Waals surface area contributed by atoms with Gasteiger partial charge in [-0.3, -0.25) is 9.88 Å². The largest absolute Gasteiger partial charge is 0.497 e. The Balaban J connectivity index is 0.00000196. The number of pyridine rings is 1. The third kappa shape index (κ3) is 3.40. The Kier molecular flexibility index (Phi) is 5.97. The second-order valence-electron chi connectivity index (χ2n) is 7.42. The molecule has 1 aromatic carbocycles. The van der Waals surface area contributed by atoms with Crippen LogP contribution in [0.3, 0.4) is 0 Å². The Morgan fingerprint density at radius 3 is 2.81 bits per heavy atom. The van der Waals surface area contributed by atoms with Crippen molar-refractivity contribution in [2.24, 2.45) is 11.8 Å². The fraction of sp³-hybridized carbons (Fsp3) is 0.550. The maximum atomic E-state index is 11.2. The third-order valence-corrected chi connectivity index (χ3v) is 6.43. The van der Waals surface area contributed by atoms with Gasteiger partial charge in [-0.05, 0) is 68.0 Å². The number of rotatable bonds is 4. The highest BCUT2D eigenvalue weighted by molar-refractivity contribution is 6.20. The minimum absolute atomic E-state index is 0. The molecule has 2 bridgehead atoms. The quantitative estimate of drug-likeness (QED) is 0.792. The fourth-order valence-corrected chi connectivity index (χ4v) is 4.98. The number of ether oxygens (including phenoxy) is 1. The molecule has 0 saturated carbocycles. The molecule has 1 aromatic heterocycles. The van der Waals surface area contributed by atoms with Gasteiger partial charge in [0.05, 0.1) is 18.7 Å². The summed E-state index contributed by atoms with van der Waals surface area (Å²) in [7, 11) is 1.66. The second kappa shape index (κ2) is 7.89. The average molecular weight is 397 g/mol. The van der Waals surface area contributed by atoms with Crippen LogP contribution in [0.4, 0.5) is 0 Å². The first-order valence-corrected chi connectivity index (χ1v) is 9.51. The van der Waals surface area contributed by atoms with Crippen LogP contribution in [0.15, 0.2) is 30.5 Å². The van der Waals surface area contributed by atoms with Crippen LogP contribution in [0, 0.1) is 11.8 Å². The number of aliphatic hydroxyl groups is 1. The zero-order chi connectivity index (χ0) is 17.6. The molecular formula is C20H26Cl2N2O2. The lowest BCUT2D eigenvalue weighted by molar-refractivity contribution is -0.0553. The van der Waals surface area contributed by atoms with Gasteiger partial charge < -0.3 is 9.84 Å². The molecule has 6 atom stereocenters. The Bertz CT molecular complexity index is 771. The van der Waals surface area contributed by atoms with Crippen molar-refractivity contribution < 1.29 is 9.84 Å². The summed E-state index contributed by atoms with van der Waals surface area (Å²) in [6.45, 7) is 4.14. The van der Waals surface area contributed by atoms with Gasteiger partial charge in [-0.1, -0.05) is 0 Å². The van der Waals surface area contributed by atoms with E-state index in [-0.39, 0.29) is 23.8 Å². The Hall–Kier alpha value is -1.07. The van der Waals surface area contributed by atoms with Gasteiger partial charge in [0, 0.05) is 29.5 Å². The van der Waals surface area contributed by atoms with Gasteiger partial charge in [0.1, 0.15) is 5.75 Å². The molecule has 2 unspecified atom stereocenters. The van der Waals surface area contributed by atoms with Crippen LogP contribution in [0.2, 0.25) is 0 Å². The number of hydrogen-bond acceptors (Lipinski definition) is 4. The van der Waals surface area contributed by atoms with E-state index < -0.39 is 6.10 Å². The van der Waals surface area contributed by atoms with Crippen molar-refractivity contribution in [2.45, 2.75) is 37.3 Å². The predicted molar refractivity (Wildman–Crippen MR) is 107 cm³/mol. The number of fused-ring (bicyclic) bond motifs is 4. The summed E-state index contributed by atoms with van der Waals surface area (Å²) in [4.78, 5) is 6.86. The molecule has 3 aliphatic heterocycles. The zero-order valence-electron chi connectivity index (χ0n) is 15.1. The number of aliphatic hydroxyl groups excluding tert-OH is 1. The molecule has 4 heterocycles. The average Bonchev–Trinajstić information content (AvgIpc) is 2.66. The Morgan fingerprint density at radius 2 is 2.15 bits per heavy atom. The van der Waals surface area contributed by atoms with Crippen molar-refractivity contribution in [1.82, 2.24) is 9.88 Å². The van der Waals surface area contributed by atoms with Crippen molar-refractivity contribution in [3.05, 3.63) is 36.0 Å². The van der Waals surface area contributed by atoms with E-state index in [1.54, 1.807) is 13.3 Å². The highest BCUT2D eigenvalue weighted by Crippen LogP contribution is 2.43. The first-order chi connectivity index (χ1) is 12.1. The van der Waals surface area contributed by atoms with Gasteiger partial charge in [0.2, 0.25) is 0 Å². The summed E-state index contributed by atoms with van der Waals surface area (Å²) in [5.41, 5.74) is 1.83. The summed E-state index contributed by atoms with van der Waals surface area (Å²) >= 11 is 6.40. The molecule has 1 N–H and O–H groups in total. The van der Waals surface area contributed by atoms with E-state index in [1.165, 1.54) is 6.42 Å². The van der Waals surface area contributed by atoms with E-state index in [1.807, 2.05) is 24.3 Å². The molecule has 5 rings (SSSR count). The molecular weight excluding hydrogens is 371 g/mol. The Labute approximate surface area is 165 Å². The van der Waals surface area contributed by atoms with E-state index in [9.17, 15) is 5.11 Å². The van der Waals surface area contributed by atoms with Crippen molar-refractivity contribution in [2.75, 3.05) is 20.2 Å². The van der Waals surface area contributed by atoms with Gasteiger partial charge in [-0.2, -0.15) is 0 Å². The predicted octanol–water partition coefficient (Wildman–Crippen LogP) is 4.04. The molecule has 0 amide bonds. The summed E-state index contributed by atoms with van der Waals surface area (Å²) in [6.07, 6.45) is 3.46. The molecule has 3 saturated heterocycles. The molecule has 0 radical (unpaired) electrons. The number of halogens is 2. The SMILES string of the molecule is COc1ccc2nccc([C@@H](O)[C@@H]3C[C@H]4CCN3C[C@@H]4C(C)Cl)c2c1.Cl. The lowest BCUT2D eigenvalue weighted by atomic mass is 9.72. The minimum Gasteiger partial charge on any atom is -0.497 e. The number of benzene rings is 1. The molecule has 6 heteroatoms. The number of alkyl halides is 1. The second-order valence-corrected chi connectivity index (χ2v) is 8.10. The number of hydrogen-bond donors (Lipinski definition) is 1. The van der Waals surface area contributed by atoms with Gasteiger partial charge in [-0.25, -0.2) is 0 Å². The van der Waals surface area contributed by atoms with Gasteiger partial charge in [-0.15, -0.1) is 24.0 Å². The smallest absolute Gasteiger partial charge is 0.119 e. The third-order valence-electron chi connectivity index (χ3n) is 6.11. The normalized spacial score (nSPS) is 29.8. The van der Waals surface area contributed by atoms with Crippen LogP contribution in [0.5, 0.6) is 5.75 Å². The molecule has 2 aromatic rings. The van der Waals surface area contributed by atoms with E-state index in [2.05, 4.69) is 16.8 Å². The number of aromatic nitrogens is 1. The summed E-state index contributed by atoms with van der Waals surface area (Å²) in [6, 6.07) is 7.92. The van der Waals surface area contributed by atoms with Crippen LogP contribution < -0.4 is 4.74 Å². The number of piperidine rings is 3. The molecule has 0 aliphatic carbocycles. The van der Waals surface area contributed by atoms with Crippen LogP contribution in [0.25, 0.3) is 10.9 Å². The first kappa shape index (κ1) is 19.7. The van der Waals surface area contributed by atoms with Crippen LogP contribution in [-0.2, 0) is 0 Å². The van der Waals surface area contributed by atoms with E-state index in [0.29, 0.717) is 11.8 Å². The monoisotopic (exact) mass is 396 g/mol. The number of nitrogens with zero attached hydrogens (tertiary/aromatic N) is 2. The van der Waals surface area contributed by atoms with E-state index in [4.69, 9.17) is 16.3 Å². The topological polar surface area (TPSA) is 45.6 Å². The highest BCUT2D eigenvalue weighted by Gasteiger charge is 2.44.